The fourth-order valence-corrected chi connectivity index (χ4v) is 1.78. The average Bonchev–Trinajstić information content (AvgIpc) is 2.43. The van der Waals surface area contributed by atoms with E-state index in [9.17, 15) is 9.18 Å². The van der Waals surface area contributed by atoms with Gasteiger partial charge in [0.15, 0.2) is 0 Å². The average molecular weight is 297 g/mol. The molecule has 1 unspecified atom stereocenters. The highest BCUT2D eigenvalue weighted by Gasteiger charge is 2.28. The van der Waals surface area contributed by atoms with E-state index in [1.54, 1.807) is 19.9 Å². The normalized spacial score (nSPS) is 13.0. The van der Waals surface area contributed by atoms with E-state index >= 15 is 0 Å². The molecular formula is C16H24FNO3. The van der Waals surface area contributed by atoms with Crippen LogP contribution >= 0.6 is 0 Å². The largest absolute Gasteiger partial charge is 0.492 e. The smallest absolute Gasteiger partial charge is 0.312 e. The molecule has 0 bridgehead atoms. The zero-order valence-electron chi connectivity index (χ0n) is 13.1. The summed E-state index contributed by atoms with van der Waals surface area (Å²) in [6.07, 6.45) is 0.974. The lowest BCUT2D eigenvalue weighted by molar-refractivity contribution is -0.148. The molecule has 0 amide bonds. The summed E-state index contributed by atoms with van der Waals surface area (Å²) in [6.45, 7) is 8.02. The number of hydrogen-bond acceptors (Lipinski definition) is 3. The van der Waals surface area contributed by atoms with Crippen molar-refractivity contribution in [3.05, 3.63) is 29.6 Å². The molecule has 5 heteroatoms. The molecule has 21 heavy (non-hydrogen) atoms. The number of rotatable bonds is 8. The first-order valence-corrected chi connectivity index (χ1v) is 7.17. The van der Waals surface area contributed by atoms with Gasteiger partial charge in [-0.05, 0) is 51.9 Å². The molecule has 0 aliphatic heterocycles. The van der Waals surface area contributed by atoms with Crippen LogP contribution < -0.4 is 10.1 Å². The first-order chi connectivity index (χ1) is 9.77. The molecule has 0 spiro atoms. The fourth-order valence-electron chi connectivity index (χ4n) is 1.78. The van der Waals surface area contributed by atoms with Gasteiger partial charge in [-0.25, -0.2) is 4.39 Å². The van der Waals surface area contributed by atoms with Crippen molar-refractivity contribution in [3.63, 3.8) is 0 Å². The first-order valence-electron chi connectivity index (χ1n) is 7.17. The zero-order valence-corrected chi connectivity index (χ0v) is 13.1. The highest BCUT2D eigenvalue weighted by molar-refractivity contribution is 5.73. The summed E-state index contributed by atoms with van der Waals surface area (Å²) in [5, 5.41) is 12.4. The molecule has 0 saturated carbocycles. The van der Waals surface area contributed by atoms with Crippen molar-refractivity contribution < 1.29 is 19.0 Å². The van der Waals surface area contributed by atoms with Crippen molar-refractivity contribution in [3.8, 4) is 5.75 Å². The van der Waals surface area contributed by atoms with Crippen LogP contribution in [-0.2, 0) is 4.79 Å². The van der Waals surface area contributed by atoms with Gasteiger partial charge in [-0.1, -0.05) is 6.92 Å². The Balaban J connectivity index is 2.89. The van der Waals surface area contributed by atoms with Crippen LogP contribution in [0.2, 0.25) is 0 Å². The third kappa shape index (κ3) is 5.01. The Labute approximate surface area is 125 Å². The Bertz CT molecular complexity index is 488. The minimum Gasteiger partial charge on any atom is -0.492 e. The number of aliphatic carboxylic acids is 1. The Morgan fingerprint density at radius 3 is 2.71 bits per heavy atom. The molecular weight excluding hydrogens is 273 g/mol. The van der Waals surface area contributed by atoms with E-state index in [4.69, 9.17) is 9.84 Å². The van der Waals surface area contributed by atoms with Crippen LogP contribution in [0.1, 0.15) is 45.7 Å². The summed E-state index contributed by atoms with van der Waals surface area (Å²) in [5.74, 6) is -0.745. The monoisotopic (exact) mass is 297 g/mol. The van der Waals surface area contributed by atoms with E-state index in [2.05, 4.69) is 12.2 Å². The molecule has 0 fully saturated rings. The summed E-state index contributed by atoms with van der Waals surface area (Å²) in [4.78, 5) is 11.1. The predicted molar refractivity (Wildman–Crippen MR) is 80.0 cm³/mol. The van der Waals surface area contributed by atoms with Crippen LogP contribution in [0.25, 0.3) is 0 Å². The number of halogens is 1. The summed E-state index contributed by atoms with van der Waals surface area (Å²) in [6, 6.07) is 4.23. The molecule has 0 heterocycles. The fraction of sp³-hybridized carbons (Fsp3) is 0.562. The second kappa shape index (κ2) is 7.41. The van der Waals surface area contributed by atoms with Crippen molar-refractivity contribution in [1.82, 2.24) is 5.32 Å². The van der Waals surface area contributed by atoms with Gasteiger partial charge < -0.3 is 15.2 Å². The number of carboxylic acids is 1. The van der Waals surface area contributed by atoms with Gasteiger partial charge in [0.25, 0.3) is 0 Å². The molecule has 0 radical (unpaired) electrons. The van der Waals surface area contributed by atoms with Crippen molar-refractivity contribution in [2.45, 2.75) is 40.2 Å². The van der Waals surface area contributed by atoms with Crippen molar-refractivity contribution in [2.75, 3.05) is 13.2 Å². The molecule has 0 aromatic heterocycles. The predicted octanol–water partition coefficient (Wildman–Crippen LogP) is 3.38. The highest BCUT2D eigenvalue weighted by atomic mass is 19.1. The number of nitrogens with one attached hydrogen (secondary N) is 1. The second-order valence-corrected chi connectivity index (χ2v) is 5.84. The van der Waals surface area contributed by atoms with Gasteiger partial charge in [-0.3, -0.25) is 4.79 Å². The van der Waals surface area contributed by atoms with Gasteiger partial charge >= 0.3 is 5.97 Å². The Morgan fingerprint density at radius 1 is 1.48 bits per heavy atom. The first kappa shape index (κ1) is 17.4. The van der Waals surface area contributed by atoms with Gasteiger partial charge in [0.05, 0.1) is 5.41 Å². The summed E-state index contributed by atoms with van der Waals surface area (Å²) in [5.41, 5.74) is -0.296. The molecule has 0 aliphatic rings. The van der Waals surface area contributed by atoms with E-state index in [1.807, 2.05) is 6.92 Å². The van der Waals surface area contributed by atoms with Crippen molar-refractivity contribution in [2.24, 2.45) is 5.41 Å². The van der Waals surface area contributed by atoms with Gasteiger partial charge in [0.1, 0.15) is 18.2 Å². The topological polar surface area (TPSA) is 58.6 Å². The van der Waals surface area contributed by atoms with Gasteiger partial charge in [-0.15, -0.1) is 0 Å². The minimum absolute atomic E-state index is 0.0292. The minimum atomic E-state index is -0.994. The molecule has 118 valence electrons. The third-order valence-electron chi connectivity index (χ3n) is 3.31. The van der Waals surface area contributed by atoms with Gasteiger partial charge in [0.2, 0.25) is 0 Å². The molecule has 2 N–H and O–H groups in total. The van der Waals surface area contributed by atoms with E-state index in [0.717, 1.165) is 13.0 Å². The molecule has 4 nitrogen and oxygen atoms in total. The Kier molecular flexibility index (Phi) is 6.15. The number of carboxylic acid groups (broad SMARTS) is 1. The molecule has 0 aliphatic carbocycles. The third-order valence-corrected chi connectivity index (χ3v) is 3.31. The maximum absolute atomic E-state index is 13.5. The molecule has 1 atom stereocenters. The Morgan fingerprint density at radius 2 is 2.14 bits per heavy atom. The van der Waals surface area contributed by atoms with E-state index in [1.165, 1.54) is 12.1 Å². The van der Waals surface area contributed by atoms with Crippen LogP contribution in [0.15, 0.2) is 18.2 Å². The van der Waals surface area contributed by atoms with Crippen LogP contribution in [0, 0.1) is 11.2 Å². The van der Waals surface area contributed by atoms with Crippen molar-refractivity contribution in [1.29, 1.82) is 0 Å². The number of ether oxygens (including phenoxy) is 1. The van der Waals surface area contributed by atoms with Crippen molar-refractivity contribution >= 4 is 5.97 Å². The quantitative estimate of drug-likeness (QED) is 0.772. The number of hydrogen-bond donors (Lipinski definition) is 2. The Hall–Kier alpha value is -1.62. The standard InChI is InChI=1S/C16H24FNO3/c1-5-8-18-11(2)13-9-12(17)6-7-14(13)21-10-16(3,4)15(19)20/h6-7,9,11,18H,5,8,10H2,1-4H3,(H,19,20). The lowest BCUT2D eigenvalue weighted by Gasteiger charge is -2.23. The molecule has 0 saturated heterocycles. The summed E-state index contributed by atoms with van der Waals surface area (Å²) in [7, 11) is 0. The number of benzene rings is 1. The molecule has 1 aromatic carbocycles. The summed E-state index contributed by atoms with van der Waals surface area (Å²) >= 11 is 0. The van der Waals surface area contributed by atoms with E-state index in [0.29, 0.717) is 11.3 Å². The van der Waals surface area contributed by atoms with Crippen LogP contribution in [0.5, 0.6) is 5.75 Å². The van der Waals surface area contributed by atoms with Crippen LogP contribution in [0.4, 0.5) is 4.39 Å². The highest BCUT2D eigenvalue weighted by Crippen LogP contribution is 2.28. The lowest BCUT2D eigenvalue weighted by Crippen LogP contribution is -2.31. The van der Waals surface area contributed by atoms with Gasteiger partial charge in [0, 0.05) is 11.6 Å². The van der Waals surface area contributed by atoms with E-state index < -0.39 is 11.4 Å². The SMILES string of the molecule is CCCNC(C)c1cc(F)ccc1OCC(C)(C)C(=O)O. The second-order valence-electron chi connectivity index (χ2n) is 5.84. The van der Waals surface area contributed by atoms with Crippen LogP contribution in [0.3, 0.4) is 0 Å². The maximum Gasteiger partial charge on any atom is 0.312 e. The van der Waals surface area contributed by atoms with Crippen LogP contribution in [-0.4, -0.2) is 24.2 Å². The maximum atomic E-state index is 13.5. The molecule has 1 aromatic rings. The summed E-state index contributed by atoms with van der Waals surface area (Å²) < 4.78 is 19.1. The lowest BCUT2D eigenvalue weighted by atomic mass is 9.95. The molecule has 1 rings (SSSR count). The number of carbonyl (C=O) groups is 1. The zero-order chi connectivity index (χ0) is 16.0. The van der Waals surface area contributed by atoms with Gasteiger partial charge in [-0.2, -0.15) is 0 Å². The van der Waals surface area contributed by atoms with E-state index in [-0.39, 0.29) is 18.5 Å².